The first kappa shape index (κ1) is 12.2. The first-order valence-electron chi connectivity index (χ1n) is 5.81. The number of ether oxygens (including phenoxy) is 2. The van der Waals surface area contributed by atoms with E-state index in [-0.39, 0.29) is 5.82 Å². The average molecular weight is 239 g/mol. The van der Waals surface area contributed by atoms with Crippen LogP contribution in [0.2, 0.25) is 0 Å². The first-order chi connectivity index (χ1) is 8.10. The van der Waals surface area contributed by atoms with Gasteiger partial charge in [0.1, 0.15) is 5.82 Å². The molecule has 3 nitrogen and oxygen atoms in total. The molecular formula is C13H18FNO2. The largest absolute Gasteiger partial charge is 0.493 e. The molecule has 0 atom stereocenters. The predicted molar refractivity (Wildman–Crippen MR) is 63.8 cm³/mol. The van der Waals surface area contributed by atoms with Crippen LogP contribution in [0, 0.1) is 5.82 Å². The molecule has 1 aromatic carbocycles. The van der Waals surface area contributed by atoms with Crippen LogP contribution in [0.5, 0.6) is 11.5 Å². The molecule has 4 heteroatoms. The van der Waals surface area contributed by atoms with Gasteiger partial charge in [0.05, 0.1) is 14.2 Å². The van der Waals surface area contributed by atoms with Crippen LogP contribution in [-0.2, 0) is 5.54 Å². The zero-order valence-corrected chi connectivity index (χ0v) is 10.3. The van der Waals surface area contributed by atoms with Crippen LogP contribution in [0.25, 0.3) is 0 Å². The summed E-state index contributed by atoms with van der Waals surface area (Å²) in [5, 5.41) is 0. The van der Waals surface area contributed by atoms with Crippen molar-refractivity contribution in [2.45, 2.75) is 31.2 Å². The van der Waals surface area contributed by atoms with Gasteiger partial charge >= 0.3 is 0 Å². The van der Waals surface area contributed by atoms with E-state index in [1.54, 1.807) is 7.11 Å². The van der Waals surface area contributed by atoms with Crippen molar-refractivity contribution in [3.8, 4) is 11.5 Å². The van der Waals surface area contributed by atoms with Gasteiger partial charge in [0, 0.05) is 17.2 Å². The Morgan fingerprint density at radius 3 is 2.35 bits per heavy atom. The summed E-state index contributed by atoms with van der Waals surface area (Å²) in [5.74, 6) is 0.618. The van der Waals surface area contributed by atoms with E-state index in [1.165, 1.54) is 19.2 Å². The third-order valence-electron chi connectivity index (χ3n) is 3.48. The molecule has 1 aliphatic rings. The molecule has 0 spiro atoms. The SMILES string of the molecule is COc1cc(F)cc(C2(N)CCCC2)c1OC. The molecular weight excluding hydrogens is 221 g/mol. The van der Waals surface area contributed by atoms with Crippen LogP contribution in [0.15, 0.2) is 12.1 Å². The van der Waals surface area contributed by atoms with Crippen LogP contribution in [0.1, 0.15) is 31.2 Å². The minimum atomic E-state index is -0.485. The van der Waals surface area contributed by atoms with Crippen molar-refractivity contribution in [1.82, 2.24) is 0 Å². The Morgan fingerprint density at radius 1 is 1.18 bits per heavy atom. The van der Waals surface area contributed by atoms with E-state index in [4.69, 9.17) is 15.2 Å². The molecule has 0 bridgehead atoms. The number of hydrogen-bond acceptors (Lipinski definition) is 3. The topological polar surface area (TPSA) is 44.5 Å². The minimum Gasteiger partial charge on any atom is -0.493 e. The lowest BCUT2D eigenvalue weighted by atomic mass is 9.88. The molecule has 17 heavy (non-hydrogen) atoms. The first-order valence-corrected chi connectivity index (χ1v) is 5.81. The van der Waals surface area contributed by atoms with Crippen LogP contribution in [0.3, 0.4) is 0 Å². The lowest BCUT2D eigenvalue weighted by Gasteiger charge is -2.27. The van der Waals surface area contributed by atoms with Crippen molar-refractivity contribution in [2.75, 3.05) is 14.2 Å². The fourth-order valence-corrected chi connectivity index (χ4v) is 2.58. The molecule has 1 aliphatic carbocycles. The van der Waals surface area contributed by atoms with E-state index < -0.39 is 5.54 Å². The second-order valence-electron chi connectivity index (χ2n) is 4.55. The lowest BCUT2D eigenvalue weighted by molar-refractivity contribution is 0.334. The molecule has 1 saturated carbocycles. The molecule has 0 saturated heterocycles. The summed E-state index contributed by atoms with van der Waals surface area (Å²) in [6.07, 6.45) is 3.85. The Labute approximate surface area is 101 Å². The zero-order chi connectivity index (χ0) is 12.5. The van der Waals surface area contributed by atoms with Crippen LogP contribution < -0.4 is 15.2 Å². The molecule has 0 aromatic heterocycles. The van der Waals surface area contributed by atoms with E-state index in [1.807, 2.05) is 0 Å². The summed E-state index contributed by atoms with van der Waals surface area (Å²) in [4.78, 5) is 0. The quantitative estimate of drug-likeness (QED) is 0.881. The van der Waals surface area contributed by atoms with Crippen molar-refractivity contribution in [3.05, 3.63) is 23.5 Å². The van der Waals surface area contributed by atoms with E-state index >= 15 is 0 Å². The maximum Gasteiger partial charge on any atom is 0.165 e. The van der Waals surface area contributed by atoms with Crippen molar-refractivity contribution < 1.29 is 13.9 Å². The molecule has 2 N–H and O–H groups in total. The molecule has 1 fully saturated rings. The third-order valence-corrected chi connectivity index (χ3v) is 3.48. The van der Waals surface area contributed by atoms with Gasteiger partial charge in [0.15, 0.2) is 11.5 Å². The van der Waals surface area contributed by atoms with Gasteiger partial charge in [0.2, 0.25) is 0 Å². The Kier molecular flexibility index (Phi) is 3.24. The summed E-state index contributed by atoms with van der Waals surface area (Å²) in [7, 11) is 3.05. The normalized spacial score (nSPS) is 18.1. The standard InChI is InChI=1S/C13H18FNO2/c1-16-11-8-9(14)7-10(12(11)17-2)13(15)5-3-4-6-13/h7-8H,3-6,15H2,1-2H3. The highest BCUT2D eigenvalue weighted by Gasteiger charge is 2.35. The Bertz CT molecular complexity index is 414. The predicted octanol–water partition coefficient (Wildman–Crippen LogP) is 2.57. The van der Waals surface area contributed by atoms with Gasteiger partial charge < -0.3 is 15.2 Å². The van der Waals surface area contributed by atoms with Crippen molar-refractivity contribution in [1.29, 1.82) is 0 Å². The van der Waals surface area contributed by atoms with Crippen LogP contribution >= 0.6 is 0 Å². The highest BCUT2D eigenvalue weighted by atomic mass is 19.1. The maximum atomic E-state index is 13.6. The smallest absolute Gasteiger partial charge is 0.165 e. The molecule has 0 amide bonds. The third kappa shape index (κ3) is 2.09. The highest BCUT2D eigenvalue weighted by Crippen LogP contribution is 2.44. The fourth-order valence-electron chi connectivity index (χ4n) is 2.58. The van der Waals surface area contributed by atoms with Gasteiger partial charge in [0.25, 0.3) is 0 Å². The number of benzene rings is 1. The number of methoxy groups -OCH3 is 2. The van der Waals surface area contributed by atoms with Gasteiger partial charge in [-0.1, -0.05) is 12.8 Å². The Hall–Kier alpha value is -1.29. The van der Waals surface area contributed by atoms with Gasteiger partial charge in [-0.2, -0.15) is 0 Å². The molecule has 94 valence electrons. The van der Waals surface area contributed by atoms with Gasteiger partial charge in [-0.05, 0) is 18.9 Å². The Balaban J connectivity index is 2.55. The summed E-state index contributed by atoms with van der Waals surface area (Å²) in [6, 6.07) is 2.79. The Morgan fingerprint density at radius 2 is 1.82 bits per heavy atom. The van der Waals surface area contributed by atoms with E-state index in [0.29, 0.717) is 17.1 Å². The van der Waals surface area contributed by atoms with Gasteiger partial charge in [-0.15, -0.1) is 0 Å². The molecule has 0 aliphatic heterocycles. The molecule has 2 rings (SSSR count). The average Bonchev–Trinajstić information content (AvgIpc) is 2.76. The van der Waals surface area contributed by atoms with E-state index in [0.717, 1.165) is 25.7 Å². The zero-order valence-electron chi connectivity index (χ0n) is 10.3. The molecule has 0 unspecified atom stereocenters. The second kappa shape index (κ2) is 4.53. The van der Waals surface area contributed by atoms with Gasteiger partial charge in [-0.25, -0.2) is 4.39 Å². The highest BCUT2D eigenvalue weighted by molar-refractivity contribution is 5.50. The number of rotatable bonds is 3. The number of nitrogens with two attached hydrogens (primary N) is 1. The summed E-state index contributed by atoms with van der Waals surface area (Å²) >= 11 is 0. The van der Waals surface area contributed by atoms with Crippen LogP contribution in [-0.4, -0.2) is 14.2 Å². The summed E-state index contributed by atoms with van der Waals surface area (Å²) in [6.45, 7) is 0. The number of halogens is 1. The number of hydrogen-bond donors (Lipinski definition) is 1. The monoisotopic (exact) mass is 239 g/mol. The van der Waals surface area contributed by atoms with Gasteiger partial charge in [-0.3, -0.25) is 0 Å². The lowest BCUT2D eigenvalue weighted by Crippen LogP contribution is -2.33. The van der Waals surface area contributed by atoms with E-state index in [9.17, 15) is 4.39 Å². The molecule has 0 radical (unpaired) electrons. The summed E-state index contributed by atoms with van der Waals surface area (Å²) in [5.41, 5.74) is 6.58. The van der Waals surface area contributed by atoms with Crippen molar-refractivity contribution in [3.63, 3.8) is 0 Å². The minimum absolute atomic E-state index is 0.339. The van der Waals surface area contributed by atoms with Crippen molar-refractivity contribution in [2.24, 2.45) is 5.73 Å². The maximum absolute atomic E-state index is 13.6. The van der Waals surface area contributed by atoms with Crippen LogP contribution in [0.4, 0.5) is 4.39 Å². The fraction of sp³-hybridized carbons (Fsp3) is 0.538. The second-order valence-corrected chi connectivity index (χ2v) is 4.55. The molecule has 0 heterocycles. The van der Waals surface area contributed by atoms with Crippen molar-refractivity contribution >= 4 is 0 Å². The molecule has 1 aromatic rings. The summed E-state index contributed by atoms with van der Waals surface area (Å²) < 4.78 is 24.0. The van der Waals surface area contributed by atoms with E-state index in [2.05, 4.69) is 0 Å².